The molecule has 0 aliphatic carbocycles. The number of nitrogens with zero attached hydrogens (tertiary/aromatic N) is 1. The molecule has 1 amide bonds. The standard InChI is InChI=1S/C8H12N2OS/c1-6-3-4-12-7(6)5-8(11)10(2)9/h3-4H,5,9H2,1-2H3. The first-order valence-electron chi connectivity index (χ1n) is 3.65. The van der Waals surface area contributed by atoms with E-state index in [0.29, 0.717) is 6.42 Å². The first-order chi connectivity index (χ1) is 5.61. The number of thiophene rings is 1. The summed E-state index contributed by atoms with van der Waals surface area (Å²) in [6.45, 7) is 2.00. The summed E-state index contributed by atoms with van der Waals surface area (Å²) < 4.78 is 0. The van der Waals surface area contributed by atoms with Gasteiger partial charge in [-0.05, 0) is 23.9 Å². The molecule has 0 radical (unpaired) electrons. The van der Waals surface area contributed by atoms with Crippen molar-refractivity contribution >= 4 is 17.2 Å². The summed E-state index contributed by atoms with van der Waals surface area (Å²) in [6, 6.07) is 2.00. The summed E-state index contributed by atoms with van der Waals surface area (Å²) in [6.07, 6.45) is 0.413. The molecule has 0 fully saturated rings. The summed E-state index contributed by atoms with van der Waals surface area (Å²) in [7, 11) is 1.56. The summed E-state index contributed by atoms with van der Waals surface area (Å²) >= 11 is 1.59. The van der Waals surface area contributed by atoms with Gasteiger partial charge < -0.3 is 0 Å². The fourth-order valence-electron chi connectivity index (χ4n) is 0.847. The number of hydrogen-bond donors (Lipinski definition) is 1. The predicted octanol–water partition coefficient (Wildman–Crippen LogP) is 0.931. The van der Waals surface area contributed by atoms with Gasteiger partial charge in [-0.25, -0.2) is 5.84 Å². The van der Waals surface area contributed by atoms with Crippen molar-refractivity contribution in [3.63, 3.8) is 0 Å². The Hall–Kier alpha value is -0.870. The largest absolute Gasteiger partial charge is 0.284 e. The second-order valence-corrected chi connectivity index (χ2v) is 3.71. The fraction of sp³-hybridized carbons (Fsp3) is 0.375. The lowest BCUT2D eigenvalue weighted by atomic mass is 10.2. The van der Waals surface area contributed by atoms with Crippen molar-refractivity contribution < 1.29 is 4.79 Å². The molecule has 66 valence electrons. The Balaban J connectivity index is 2.64. The van der Waals surface area contributed by atoms with E-state index < -0.39 is 0 Å². The first-order valence-corrected chi connectivity index (χ1v) is 4.53. The van der Waals surface area contributed by atoms with E-state index in [2.05, 4.69) is 0 Å². The van der Waals surface area contributed by atoms with Crippen molar-refractivity contribution in [1.82, 2.24) is 5.01 Å². The monoisotopic (exact) mass is 184 g/mol. The van der Waals surface area contributed by atoms with Crippen LogP contribution in [0.3, 0.4) is 0 Å². The minimum Gasteiger partial charge on any atom is -0.284 e. The van der Waals surface area contributed by atoms with Gasteiger partial charge in [-0.2, -0.15) is 0 Å². The zero-order valence-corrected chi connectivity index (χ0v) is 8.02. The third-order valence-electron chi connectivity index (χ3n) is 1.67. The molecule has 1 aromatic rings. The molecule has 12 heavy (non-hydrogen) atoms. The van der Waals surface area contributed by atoms with Crippen LogP contribution < -0.4 is 5.84 Å². The number of hydrogen-bond acceptors (Lipinski definition) is 3. The van der Waals surface area contributed by atoms with E-state index in [9.17, 15) is 4.79 Å². The first kappa shape index (κ1) is 9.22. The highest BCUT2D eigenvalue weighted by Gasteiger charge is 2.08. The van der Waals surface area contributed by atoms with Crippen LogP contribution in [0.4, 0.5) is 0 Å². The molecular weight excluding hydrogens is 172 g/mol. The van der Waals surface area contributed by atoms with Crippen molar-refractivity contribution in [3.05, 3.63) is 21.9 Å². The number of rotatable bonds is 2. The molecule has 3 nitrogen and oxygen atoms in total. The molecule has 4 heteroatoms. The van der Waals surface area contributed by atoms with Crippen LogP contribution in [0.2, 0.25) is 0 Å². The van der Waals surface area contributed by atoms with Crippen LogP contribution in [0.1, 0.15) is 10.4 Å². The maximum Gasteiger partial charge on any atom is 0.241 e. The molecule has 0 saturated heterocycles. The molecule has 1 heterocycles. The minimum atomic E-state index is -0.0550. The number of carbonyl (C=O) groups excluding carboxylic acids is 1. The van der Waals surface area contributed by atoms with Crippen molar-refractivity contribution in [2.24, 2.45) is 5.84 Å². The Morgan fingerprint density at radius 2 is 2.42 bits per heavy atom. The van der Waals surface area contributed by atoms with Crippen molar-refractivity contribution in [2.75, 3.05) is 7.05 Å². The average Bonchev–Trinajstić information content (AvgIpc) is 2.36. The highest BCUT2D eigenvalue weighted by molar-refractivity contribution is 7.10. The number of nitrogens with two attached hydrogens (primary N) is 1. The van der Waals surface area contributed by atoms with Crippen LogP contribution in [-0.4, -0.2) is 18.0 Å². The van der Waals surface area contributed by atoms with Gasteiger partial charge in [0.25, 0.3) is 0 Å². The molecule has 0 atom stereocenters. The predicted molar refractivity (Wildman–Crippen MR) is 49.7 cm³/mol. The number of likely N-dealkylation sites (N-methyl/N-ethyl adjacent to an activating group) is 1. The molecule has 0 aliphatic rings. The maximum atomic E-state index is 11.2. The van der Waals surface area contributed by atoms with Crippen molar-refractivity contribution in [2.45, 2.75) is 13.3 Å². The van der Waals surface area contributed by atoms with Gasteiger partial charge in [0.2, 0.25) is 5.91 Å². The van der Waals surface area contributed by atoms with Crippen LogP contribution in [0.5, 0.6) is 0 Å². The van der Waals surface area contributed by atoms with Gasteiger partial charge in [-0.1, -0.05) is 0 Å². The third-order valence-corrected chi connectivity index (χ3v) is 2.70. The van der Waals surface area contributed by atoms with Crippen molar-refractivity contribution in [3.8, 4) is 0 Å². The van der Waals surface area contributed by atoms with Gasteiger partial charge in [-0.3, -0.25) is 9.80 Å². The van der Waals surface area contributed by atoms with Gasteiger partial charge in [0.05, 0.1) is 6.42 Å². The van der Waals surface area contributed by atoms with E-state index in [0.717, 1.165) is 15.4 Å². The molecule has 0 bridgehead atoms. The Bertz CT molecular complexity index is 280. The lowest BCUT2D eigenvalue weighted by Gasteiger charge is -2.08. The molecule has 1 rings (SSSR count). The zero-order valence-electron chi connectivity index (χ0n) is 7.20. The van der Waals surface area contributed by atoms with Gasteiger partial charge >= 0.3 is 0 Å². The van der Waals surface area contributed by atoms with E-state index >= 15 is 0 Å². The van der Waals surface area contributed by atoms with Gasteiger partial charge in [0.1, 0.15) is 0 Å². The van der Waals surface area contributed by atoms with Gasteiger partial charge in [-0.15, -0.1) is 11.3 Å². The topological polar surface area (TPSA) is 46.3 Å². The highest BCUT2D eigenvalue weighted by Crippen LogP contribution is 2.16. The van der Waals surface area contributed by atoms with Gasteiger partial charge in [0.15, 0.2) is 0 Å². The third kappa shape index (κ3) is 2.06. The van der Waals surface area contributed by atoms with Crippen LogP contribution in [-0.2, 0) is 11.2 Å². The molecule has 2 N–H and O–H groups in total. The Morgan fingerprint density at radius 3 is 2.83 bits per heavy atom. The molecule has 1 aromatic heterocycles. The van der Waals surface area contributed by atoms with Crippen LogP contribution in [0.25, 0.3) is 0 Å². The number of carbonyl (C=O) groups is 1. The van der Waals surface area contributed by atoms with E-state index in [-0.39, 0.29) is 5.91 Å². The summed E-state index contributed by atoms with van der Waals surface area (Å²) in [5.41, 5.74) is 1.16. The second kappa shape index (κ2) is 3.69. The van der Waals surface area contributed by atoms with E-state index in [1.807, 2.05) is 18.4 Å². The fourth-order valence-corrected chi connectivity index (χ4v) is 1.74. The summed E-state index contributed by atoms with van der Waals surface area (Å²) in [4.78, 5) is 12.3. The SMILES string of the molecule is Cc1ccsc1CC(=O)N(C)N. The average molecular weight is 184 g/mol. The Kier molecular flexibility index (Phi) is 2.83. The Labute approximate surface area is 75.8 Å². The lowest BCUT2D eigenvalue weighted by Crippen LogP contribution is -2.34. The molecule has 0 spiro atoms. The van der Waals surface area contributed by atoms with E-state index in [1.165, 1.54) is 0 Å². The molecule has 0 aromatic carbocycles. The van der Waals surface area contributed by atoms with Crippen LogP contribution >= 0.6 is 11.3 Å². The smallest absolute Gasteiger partial charge is 0.241 e. The number of amides is 1. The minimum absolute atomic E-state index is 0.0550. The highest BCUT2D eigenvalue weighted by atomic mass is 32.1. The molecule has 0 unspecified atom stereocenters. The summed E-state index contributed by atoms with van der Waals surface area (Å²) in [5.74, 6) is 5.24. The maximum absolute atomic E-state index is 11.2. The summed E-state index contributed by atoms with van der Waals surface area (Å²) in [5, 5.41) is 3.10. The number of hydrazine groups is 1. The second-order valence-electron chi connectivity index (χ2n) is 2.71. The van der Waals surface area contributed by atoms with Crippen LogP contribution in [0, 0.1) is 6.92 Å². The quantitative estimate of drug-likeness (QED) is 0.422. The van der Waals surface area contributed by atoms with E-state index in [4.69, 9.17) is 5.84 Å². The molecule has 0 aliphatic heterocycles. The van der Waals surface area contributed by atoms with Crippen LogP contribution in [0.15, 0.2) is 11.4 Å². The van der Waals surface area contributed by atoms with Gasteiger partial charge in [0, 0.05) is 11.9 Å². The van der Waals surface area contributed by atoms with Crippen molar-refractivity contribution in [1.29, 1.82) is 0 Å². The lowest BCUT2D eigenvalue weighted by molar-refractivity contribution is -0.129. The Morgan fingerprint density at radius 1 is 1.75 bits per heavy atom. The van der Waals surface area contributed by atoms with E-state index in [1.54, 1.807) is 18.4 Å². The number of aryl methyl sites for hydroxylation is 1. The zero-order chi connectivity index (χ0) is 9.14. The molecular formula is C8H12N2OS. The molecule has 0 saturated carbocycles. The normalized spacial score (nSPS) is 9.92.